The van der Waals surface area contributed by atoms with Gasteiger partial charge in [-0.15, -0.1) is 0 Å². The lowest BCUT2D eigenvalue weighted by Gasteiger charge is -2.02. The van der Waals surface area contributed by atoms with Crippen molar-refractivity contribution in [2.24, 2.45) is 0 Å². The van der Waals surface area contributed by atoms with Crippen molar-refractivity contribution in [3.05, 3.63) is 53.3 Å². The first-order valence-electron chi connectivity index (χ1n) is 5.72. The number of fused-ring (bicyclic) bond motifs is 1. The van der Waals surface area contributed by atoms with Gasteiger partial charge < -0.3 is 5.32 Å². The molecule has 16 heavy (non-hydrogen) atoms. The molecule has 3 rings (SSSR count). The minimum Gasteiger partial charge on any atom is -0.307 e. The van der Waals surface area contributed by atoms with Crippen LogP contribution in [0.3, 0.4) is 0 Å². The number of nitrogens with one attached hydrogen (secondary N) is 1. The minimum atomic E-state index is 0.924. The molecule has 0 spiro atoms. The van der Waals surface area contributed by atoms with Crippen molar-refractivity contribution in [1.29, 1.82) is 0 Å². The molecule has 0 saturated carbocycles. The van der Waals surface area contributed by atoms with Gasteiger partial charge in [-0.3, -0.25) is 4.68 Å². The van der Waals surface area contributed by atoms with Crippen LogP contribution in [0.25, 0.3) is 0 Å². The first-order valence-corrected chi connectivity index (χ1v) is 5.72. The molecule has 2 aromatic rings. The molecule has 2 heterocycles. The number of nitrogens with zero attached hydrogens (tertiary/aromatic N) is 2. The molecular weight excluding hydrogens is 198 g/mol. The van der Waals surface area contributed by atoms with Gasteiger partial charge in [-0.2, -0.15) is 5.10 Å². The molecule has 82 valence electrons. The van der Waals surface area contributed by atoms with E-state index >= 15 is 0 Å². The van der Waals surface area contributed by atoms with Crippen LogP contribution in [-0.4, -0.2) is 9.78 Å². The highest BCUT2D eigenvalue weighted by atomic mass is 15.3. The number of rotatable bonds is 3. The van der Waals surface area contributed by atoms with Crippen molar-refractivity contribution in [2.75, 3.05) is 0 Å². The largest absolute Gasteiger partial charge is 0.307 e. The summed E-state index contributed by atoms with van der Waals surface area (Å²) in [5, 5.41) is 7.85. The second-order valence-corrected chi connectivity index (χ2v) is 4.20. The van der Waals surface area contributed by atoms with Crippen molar-refractivity contribution < 1.29 is 0 Å². The van der Waals surface area contributed by atoms with Gasteiger partial charge in [0.2, 0.25) is 0 Å². The lowest BCUT2D eigenvalue weighted by atomic mass is 10.1. The molecular formula is C13H15N3. The van der Waals surface area contributed by atoms with E-state index in [2.05, 4.69) is 51.6 Å². The van der Waals surface area contributed by atoms with Crippen LogP contribution in [0.1, 0.15) is 16.8 Å². The van der Waals surface area contributed by atoms with E-state index in [0.717, 1.165) is 26.1 Å². The van der Waals surface area contributed by atoms with Gasteiger partial charge in [0.1, 0.15) is 0 Å². The van der Waals surface area contributed by atoms with E-state index in [-0.39, 0.29) is 0 Å². The standard InChI is InChI=1S/C13H15N3/c1-2-4-11(5-3-1)6-7-16-10-12-8-14-9-13(12)15-16/h1-5,10,14H,6-9H2. The fraction of sp³-hybridized carbons (Fsp3) is 0.308. The first-order chi connectivity index (χ1) is 7.92. The third-order valence-corrected chi connectivity index (χ3v) is 3.00. The molecule has 3 nitrogen and oxygen atoms in total. The van der Waals surface area contributed by atoms with Crippen LogP contribution in [-0.2, 0) is 26.1 Å². The van der Waals surface area contributed by atoms with Gasteiger partial charge in [-0.05, 0) is 12.0 Å². The molecule has 1 N–H and O–H groups in total. The Hall–Kier alpha value is -1.61. The van der Waals surface area contributed by atoms with Crippen molar-refractivity contribution >= 4 is 0 Å². The summed E-state index contributed by atoms with van der Waals surface area (Å²) >= 11 is 0. The zero-order valence-corrected chi connectivity index (χ0v) is 9.19. The van der Waals surface area contributed by atoms with Crippen molar-refractivity contribution in [3.8, 4) is 0 Å². The van der Waals surface area contributed by atoms with Gasteiger partial charge in [0.15, 0.2) is 0 Å². The zero-order chi connectivity index (χ0) is 10.8. The summed E-state index contributed by atoms with van der Waals surface area (Å²) in [6.45, 7) is 2.87. The van der Waals surface area contributed by atoms with Crippen LogP contribution in [0.5, 0.6) is 0 Å². The average molecular weight is 213 g/mol. The first kappa shape index (κ1) is 9.60. The van der Waals surface area contributed by atoms with Crippen molar-refractivity contribution in [3.63, 3.8) is 0 Å². The Labute approximate surface area is 95.1 Å². The fourth-order valence-electron chi connectivity index (χ4n) is 2.12. The molecule has 0 radical (unpaired) electrons. The second kappa shape index (κ2) is 4.10. The lowest BCUT2D eigenvalue weighted by molar-refractivity contribution is 0.592. The smallest absolute Gasteiger partial charge is 0.0807 e. The van der Waals surface area contributed by atoms with Crippen LogP contribution < -0.4 is 5.32 Å². The molecule has 0 aliphatic carbocycles. The Morgan fingerprint density at radius 1 is 1.19 bits per heavy atom. The van der Waals surface area contributed by atoms with E-state index in [1.165, 1.54) is 16.8 Å². The van der Waals surface area contributed by atoms with Crippen LogP contribution in [0.2, 0.25) is 0 Å². The quantitative estimate of drug-likeness (QED) is 0.841. The second-order valence-electron chi connectivity index (χ2n) is 4.20. The molecule has 1 aromatic heterocycles. The van der Waals surface area contributed by atoms with Gasteiger partial charge in [0.25, 0.3) is 0 Å². The number of benzene rings is 1. The summed E-state index contributed by atoms with van der Waals surface area (Å²) < 4.78 is 2.07. The molecule has 0 atom stereocenters. The van der Waals surface area contributed by atoms with E-state index in [0.29, 0.717) is 0 Å². The number of aromatic nitrogens is 2. The summed E-state index contributed by atoms with van der Waals surface area (Å²) in [7, 11) is 0. The number of hydrogen-bond donors (Lipinski definition) is 1. The summed E-state index contributed by atoms with van der Waals surface area (Å²) in [6.07, 6.45) is 3.22. The minimum absolute atomic E-state index is 0.924. The fourth-order valence-corrected chi connectivity index (χ4v) is 2.12. The van der Waals surface area contributed by atoms with Gasteiger partial charge in [-0.1, -0.05) is 30.3 Å². The maximum atomic E-state index is 4.56. The lowest BCUT2D eigenvalue weighted by Crippen LogP contribution is -2.07. The van der Waals surface area contributed by atoms with E-state index < -0.39 is 0 Å². The Kier molecular flexibility index (Phi) is 2.46. The number of hydrogen-bond acceptors (Lipinski definition) is 2. The van der Waals surface area contributed by atoms with Crippen LogP contribution in [0, 0.1) is 0 Å². The molecule has 1 aliphatic rings. The van der Waals surface area contributed by atoms with E-state index in [1.807, 2.05) is 0 Å². The normalized spacial score (nSPS) is 14.0. The molecule has 3 heteroatoms. The Bertz CT molecular complexity index is 452. The molecule has 1 aromatic carbocycles. The molecule has 0 bridgehead atoms. The summed E-state index contributed by atoms with van der Waals surface area (Å²) in [4.78, 5) is 0. The Morgan fingerprint density at radius 3 is 2.88 bits per heavy atom. The molecule has 0 unspecified atom stereocenters. The van der Waals surface area contributed by atoms with Gasteiger partial charge >= 0.3 is 0 Å². The third kappa shape index (κ3) is 1.86. The summed E-state index contributed by atoms with van der Waals surface area (Å²) in [5.41, 5.74) is 3.94. The van der Waals surface area contributed by atoms with E-state index in [9.17, 15) is 0 Å². The van der Waals surface area contributed by atoms with Crippen molar-refractivity contribution in [2.45, 2.75) is 26.1 Å². The Balaban J connectivity index is 1.67. The highest BCUT2D eigenvalue weighted by Gasteiger charge is 2.13. The number of aryl methyl sites for hydroxylation is 2. The van der Waals surface area contributed by atoms with Gasteiger partial charge in [0.05, 0.1) is 5.69 Å². The predicted molar refractivity (Wildman–Crippen MR) is 62.9 cm³/mol. The predicted octanol–water partition coefficient (Wildman–Crippen LogP) is 1.73. The van der Waals surface area contributed by atoms with Crippen LogP contribution in [0.15, 0.2) is 36.5 Å². The maximum absolute atomic E-state index is 4.56. The Morgan fingerprint density at radius 2 is 2.06 bits per heavy atom. The molecule has 0 fully saturated rings. The zero-order valence-electron chi connectivity index (χ0n) is 9.19. The van der Waals surface area contributed by atoms with Gasteiger partial charge in [0, 0.05) is 31.4 Å². The molecule has 1 aliphatic heterocycles. The molecule has 0 saturated heterocycles. The SMILES string of the molecule is c1ccc(CCn2cc3c(n2)CNC3)cc1. The summed E-state index contributed by atoms with van der Waals surface area (Å²) in [5.74, 6) is 0. The monoisotopic (exact) mass is 213 g/mol. The van der Waals surface area contributed by atoms with Crippen LogP contribution >= 0.6 is 0 Å². The maximum Gasteiger partial charge on any atom is 0.0807 e. The highest BCUT2D eigenvalue weighted by Crippen LogP contribution is 2.13. The van der Waals surface area contributed by atoms with E-state index in [1.54, 1.807) is 0 Å². The third-order valence-electron chi connectivity index (χ3n) is 3.00. The highest BCUT2D eigenvalue weighted by molar-refractivity contribution is 5.21. The molecule has 0 amide bonds. The average Bonchev–Trinajstić information content (AvgIpc) is 2.88. The van der Waals surface area contributed by atoms with Gasteiger partial charge in [-0.25, -0.2) is 0 Å². The topological polar surface area (TPSA) is 29.9 Å². The van der Waals surface area contributed by atoms with Crippen LogP contribution in [0.4, 0.5) is 0 Å². The summed E-state index contributed by atoms with van der Waals surface area (Å²) in [6, 6.07) is 10.6. The van der Waals surface area contributed by atoms with E-state index in [4.69, 9.17) is 0 Å². The van der Waals surface area contributed by atoms with Crippen molar-refractivity contribution in [1.82, 2.24) is 15.1 Å².